The molecule has 0 atom stereocenters. The molecule has 1 fully saturated rings. The van der Waals surface area contributed by atoms with E-state index in [-0.39, 0.29) is 29.7 Å². The maximum Gasteiger partial charge on any atom is 0.240 e. The van der Waals surface area contributed by atoms with Gasteiger partial charge >= 0.3 is 0 Å². The molecule has 0 aliphatic carbocycles. The van der Waals surface area contributed by atoms with Crippen molar-refractivity contribution in [2.45, 2.75) is 18.2 Å². The van der Waals surface area contributed by atoms with Crippen LogP contribution >= 0.6 is 11.6 Å². The molecule has 24 heavy (non-hydrogen) atoms. The third-order valence-corrected chi connectivity index (χ3v) is 5.51. The highest BCUT2D eigenvalue weighted by molar-refractivity contribution is 7.89. The van der Waals surface area contributed by atoms with E-state index >= 15 is 0 Å². The van der Waals surface area contributed by atoms with Crippen LogP contribution in [0.3, 0.4) is 0 Å². The highest BCUT2D eigenvalue weighted by Gasteiger charge is 2.22. The van der Waals surface area contributed by atoms with Crippen LogP contribution in [0.1, 0.15) is 13.3 Å². The number of nitrogens with one attached hydrogen (secondary N) is 1. The number of carbonyl (C=O) groups excluding carboxylic acids is 2. The van der Waals surface area contributed by atoms with Crippen LogP contribution in [0.5, 0.6) is 0 Å². The molecular weight excluding hydrogens is 354 g/mol. The Morgan fingerprint density at radius 1 is 1.17 bits per heavy atom. The second-order valence-electron chi connectivity index (χ2n) is 5.49. The number of nitrogens with zero attached hydrogens (tertiary/aromatic N) is 2. The summed E-state index contributed by atoms with van der Waals surface area (Å²) in [6.45, 7) is 3.48. The zero-order valence-electron chi connectivity index (χ0n) is 13.4. The van der Waals surface area contributed by atoms with Gasteiger partial charge in [0.1, 0.15) is 0 Å². The number of hydrogen-bond donors (Lipinski definition) is 1. The van der Waals surface area contributed by atoms with E-state index in [0.717, 1.165) is 0 Å². The van der Waals surface area contributed by atoms with Gasteiger partial charge in [0, 0.05) is 51.1 Å². The van der Waals surface area contributed by atoms with Crippen molar-refractivity contribution in [2.75, 3.05) is 32.7 Å². The summed E-state index contributed by atoms with van der Waals surface area (Å²) in [4.78, 5) is 26.8. The van der Waals surface area contributed by atoms with Crippen LogP contribution in [0.25, 0.3) is 0 Å². The van der Waals surface area contributed by atoms with Gasteiger partial charge in [-0.25, -0.2) is 13.1 Å². The van der Waals surface area contributed by atoms with Crippen molar-refractivity contribution in [3.8, 4) is 0 Å². The highest BCUT2D eigenvalue weighted by Crippen LogP contribution is 2.15. The van der Waals surface area contributed by atoms with E-state index < -0.39 is 10.0 Å². The number of hydrogen-bond acceptors (Lipinski definition) is 4. The summed E-state index contributed by atoms with van der Waals surface area (Å²) >= 11 is 5.79. The standard InChI is InChI=1S/C15H20ClN3O4S/c1-12(20)18-7-9-19(10-8-18)15(21)5-6-17-24(22,23)14-4-2-3-13(16)11-14/h2-4,11,17H,5-10H2,1H3. The zero-order valence-corrected chi connectivity index (χ0v) is 14.9. The molecule has 1 heterocycles. The molecule has 1 aromatic carbocycles. The van der Waals surface area contributed by atoms with Gasteiger partial charge in [-0.2, -0.15) is 0 Å². The van der Waals surface area contributed by atoms with Gasteiger partial charge in [0.15, 0.2) is 0 Å². The topological polar surface area (TPSA) is 86.8 Å². The summed E-state index contributed by atoms with van der Waals surface area (Å²) in [7, 11) is -3.69. The van der Waals surface area contributed by atoms with E-state index in [1.807, 2.05) is 0 Å². The minimum atomic E-state index is -3.69. The van der Waals surface area contributed by atoms with Crippen LogP contribution in [0, 0.1) is 0 Å². The van der Waals surface area contributed by atoms with E-state index in [1.54, 1.807) is 21.9 Å². The molecule has 0 aromatic heterocycles. The van der Waals surface area contributed by atoms with Gasteiger partial charge in [-0.15, -0.1) is 0 Å². The minimum Gasteiger partial charge on any atom is -0.339 e. The van der Waals surface area contributed by atoms with Gasteiger partial charge in [-0.3, -0.25) is 9.59 Å². The lowest BCUT2D eigenvalue weighted by atomic mass is 10.3. The van der Waals surface area contributed by atoms with Crippen molar-refractivity contribution >= 4 is 33.4 Å². The smallest absolute Gasteiger partial charge is 0.240 e. The van der Waals surface area contributed by atoms with E-state index in [0.29, 0.717) is 31.2 Å². The van der Waals surface area contributed by atoms with Gasteiger partial charge in [0.2, 0.25) is 21.8 Å². The fraction of sp³-hybridized carbons (Fsp3) is 0.467. The van der Waals surface area contributed by atoms with E-state index in [2.05, 4.69) is 4.72 Å². The first-order valence-corrected chi connectivity index (χ1v) is 9.44. The van der Waals surface area contributed by atoms with Crippen LogP contribution in [-0.4, -0.2) is 62.8 Å². The van der Waals surface area contributed by atoms with Gasteiger partial charge in [0.25, 0.3) is 0 Å². The van der Waals surface area contributed by atoms with Gasteiger partial charge in [-0.05, 0) is 18.2 Å². The molecule has 1 aliphatic heterocycles. The average molecular weight is 374 g/mol. The maximum absolute atomic E-state index is 12.1. The molecule has 7 nitrogen and oxygen atoms in total. The van der Waals surface area contributed by atoms with Crippen molar-refractivity contribution in [3.05, 3.63) is 29.3 Å². The van der Waals surface area contributed by atoms with Crippen molar-refractivity contribution in [2.24, 2.45) is 0 Å². The first kappa shape index (κ1) is 18.7. The Morgan fingerprint density at radius 2 is 1.79 bits per heavy atom. The fourth-order valence-corrected chi connectivity index (χ4v) is 3.77. The molecule has 0 unspecified atom stereocenters. The molecule has 0 saturated carbocycles. The van der Waals surface area contributed by atoms with Crippen molar-refractivity contribution in [1.29, 1.82) is 0 Å². The predicted octanol–water partition coefficient (Wildman–Crippen LogP) is 0.699. The normalized spacial score (nSPS) is 15.4. The number of piperazine rings is 1. The number of sulfonamides is 1. The number of rotatable bonds is 5. The molecule has 1 N–H and O–H groups in total. The number of amides is 2. The first-order chi connectivity index (χ1) is 11.3. The summed E-state index contributed by atoms with van der Waals surface area (Å²) < 4.78 is 26.6. The van der Waals surface area contributed by atoms with Crippen molar-refractivity contribution < 1.29 is 18.0 Å². The molecule has 9 heteroatoms. The lowest BCUT2D eigenvalue weighted by Gasteiger charge is -2.34. The number of carbonyl (C=O) groups is 2. The molecule has 1 aromatic rings. The van der Waals surface area contributed by atoms with Crippen LogP contribution in [0.4, 0.5) is 0 Å². The second-order valence-corrected chi connectivity index (χ2v) is 7.70. The van der Waals surface area contributed by atoms with E-state index in [4.69, 9.17) is 11.6 Å². The largest absolute Gasteiger partial charge is 0.339 e. The second kappa shape index (κ2) is 7.96. The van der Waals surface area contributed by atoms with Gasteiger partial charge in [0.05, 0.1) is 4.90 Å². The van der Waals surface area contributed by atoms with Crippen LogP contribution in [0.2, 0.25) is 5.02 Å². The van der Waals surface area contributed by atoms with E-state index in [9.17, 15) is 18.0 Å². The SMILES string of the molecule is CC(=O)N1CCN(C(=O)CCNS(=O)(=O)c2cccc(Cl)c2)CC1. The average Bonchev–Trinajstić information content (AvgIpc) is 2.54. The quantitative estimate of drug-likeness (QED) is 0.823. The van der Waals surface area contributed by atoms with Crippen LogP contribution in [0.15, 0.2) is 29.2 Å². The lowest BCUT2D eigenvalue weighted by Crippen LogP contribution is -2.50. The monoisotopic (exact) mass is 373 g/mol. The summed E-state index contributed by atoms with van der Waals surface area (Å²) in [6, 6.07) is 5.94. The van der Waals surface area contributed by atoms with Crippen molar-refractivity contribution in [1.82, 2.24) is 14.5 Å². The third kappa shape index (κ3) is 4.93. The third-order valence-electron chi connectivity index (χ3n) is 3.82. The summed E-state index contributed by atoms with van der Waals surface area (Å²) in [6.07, 6.45) is 0.0693. The molecule has 132 valence electrons. The molecule has 0 bridgehead atoms. The van der Waals surface area contributed by atoms with E-state index in [1.165, 1.54) is 19.1 Å². The summed E-state index contributed by atoms with van der Waals surface area (Å²) in [5, 5.41) is 0.331. The molecule has 2 rings (SSSR count). The van der Waals surface area contributed by atoms with Crippen LogP contribution < -0.4 is 4.72 Å². The van der Waals surface area contributed by atoms with Gasteiger partial charge < -0.3 is 9.80 Å². The lowest BCUT2D eigenvalue weighted by molar-refractivity contribution is -0.138. The molecular formula is C15H20ClN3O4S. The molecule has 0 spiro atoms. The molecule has 2 amide bonds. The molecule has 0 radical (unpaired) electrons. The Morgan fingerprint density at radius 3 is 2.38 bits per heavy atom. The number of halogens is 1. The van der Waals surface area contributed by atoms with Gasteiger partial charge in [-0.1, -0.05) is 17.7 Å². The first-order valence-electron chi connectivity index (χ1n) is 7.58. The summed E-state index contributed by atoms with van der Waals surface area (Å²) in [5.74, 6) is -0.136. The fourth-order valence-electron chi connectivity index (χ4n) is 2.44. The maximum atomic E-state index is 12.1. The van der Waals surface area contributed by atoms with Crippen molar-refractivity contribution in [3.63, 3.8) is 0 Å². The Labute approximate surface area is 146 Å². The highest BCUT2D eigenvalue weighted by atomic mass is 35.5. The van der Waals surface area contributed by atoms with Crippen LogP contribution in [-0.2, 0) is 19.6 Å². The minimum absolute atomic E-state index is 0.00335. The Bertz CT molecular complexity index is 715. The molecule has 1 saturated heterocycles. The predicted molar refractivity (Wildman–Crippen MR) is 90.1 cm³/mol. The Balaban J connectivity index is 1.81. The summed E-state index contributed by atoms with van der Waals surface area (Å²) in [5.41, 5.74) is 0. The zero-order chi connectivity index (χ0) is 17.7. The number of benzene rings is 1. The Kier molecular flexibility index (Phi) is 6.20. The molecule has 1 aliphatic rings. The Hall–Kier alpha value is -1.64.